The second kappa shape index (κ2) is 7.42. The summed E-state index contributed by atoms with van der Waals surface area (Å²) in [6.07, 6.45) is 0.818. The SMILES string of the molecule is O=C(c1cccs1)N1C[C@H]2C[C@@H](C1)[C@H](C(=O)N1CCOCC1)n1c2cccc1=O. The molecule has 5 rings (SSSR count). The topological polar surface area (TPSA) is 71.9 Å². The Kier molecular flexibility index (Phi) is 4.75. The van der Waals surface area contributed by atoms with Gasteiger partial charge in [-0.25, -0.2) is 0 Å². The number of amides is 2. The Bertz CT molecular complexity index is 980. The minimum atomic E-state index is -0.563. The zero-order valence-electron chi connectivity index (χ0n) is 16.0. The highest BCUT2D eigenvalue weighted by Gasteiger charge is 2.46. The first kappa shape index (κ1) is 18.6. The number of carbonyl (C=O) groups is 2. The number of rotatable bonds is 2. The molecule has 0 saturated carbocycles. The lowest BCUT2D eigenvalue weighted by Crippen LogP contribution is -2.56. The van der Waals surface area contributed by atoms with E-state index in [2.05, 4.69) is 0 Å². The summed E-state index contributed by atoms with van der Waals surface area (Å²) < 4.78 is 7.09. The summed E-state index contributed by atoms with van der Waals surface area (Å²) in [5, 5.41) is 1.90. The molecule has 0 aromatic carbocycles. The second-order valence-electron chi connectivity index (χ2n) is 7.92. The molecule has 0 radical (unpaired) electrons. The maximum Gasteiger partial charge on any atom is 0.263 e. The minimum Gasteiger partial charge on any atom is -0.378 e. The first-order valence-electron chi connectivity index (χ1n) is 10.0. The second-order valence-corrected chi connectivity index (χ2v) is 8.87. The predicted molar refractivity (Wildman–Crippen MR) is 108 cm³/mol. The van der Waals surface area contributed by atoms with Crippen LogP contribution in [0, 0.1) is 5.92 Å². The molecule has 7 nitrogen and oxygen atoms in total. The zero-order chi connectivity index (χ0) is 20.0. The molecule has 2 amide bonds. The molecule has 152 valence electrons. The van der Waals surface area contributed by atoms with Gasteiger partial charge in [-0.3, -0.25) is 19.0 Å². The van der Waals surface area contributed by atoms with Crippen LogP contribution in [0.15, 0.2) is 40.5 Å². The van der Waals surface area contributed by atoms with E-state index >= 15 is 0 Å². The largest absolute Gasteiger partial charge is 0.378 e. The monoisotopic (exact) mass is 413 g/mol. The minimum absolute atomic E-state index is 0.0130. The Morgan fingerprint density at radius 1 is 1.03 bits per heavy atom. The zero-order valence-corrected chi connectivity index (χ0v) is 16.8. The molecule has 2 aromatic heterocycles. The van der Waals surface area contributed by atoms with Gasteiger partial charge in [0.15, 0.2) is 0 Å². The average molecular weight is 413 g/mol. The molecular formula is C21H23N3O4S. The Morgan fingerprint density at radius 3 is 2.62 bits per heavy atom. The number of piperidine rings is 1. The quantitative estimate of drug-likeness (QED) is 0.749. The molecule has 2 aromatic rings. The fourth-order valence-electron chi connectivity index (χ4n) is 4.94. The van der Waals surface area contributed by atoms with Crippen LogP contribution in [0.2, 0.25) is 0 Å². The molecule has 3 atom stereocenters. The van der Waals surface area contributed by atoms with E-state index in [1.54, 1.807) is 15.5 Å². The van der Waals surface area contributed by atoms with Gasteiger partial charge in [0.1, 0.15) is 6.04 Å². The van der Waals surface area contributed by atoms with E-state index in [0.717, 1.165) is 12.1 Å². The van der Waals surface area contributed by atoms with Crippen LogP contribution in [0.4, 0.5) is 0 Å². The fourth-order valence-corrected chi connectivity index (χ4v) is 5.63. The molecule has 2 fully saturated rings. The number of ether oxygens (including phenoxy) is 1. The number of carbonyl (C=O) groups excluding carboxylic acids is 2. The third kappa shape index (κ3) is 3.20. The van der Waals surface area contributed by atoms with Crippen LogP contribution in [-0.2, 0) is 9.53 Å². The molecule has 0 spiro atoms. The van der Waals surface area contributed by atoms with Crippen LogP contribution in [0.3, 0.4) is 0 Å². The molecule has 0 N–H and O–H groups in total. The number of pyridine rings is 1. The number of hydrogen-bond donors (Lipinski definition) is 0. The van der Waals surface area contributed by atoms with Gasteiger partial charge >= 0.3 is 0 Å². The van der Waals surface area contributed by atoms with E-state index in [4.69, 9.17) is 4.74 Å². The predicted octanol–water partition coefficient (Wildman–Crippen LogP) is 1.57. The molecule has 8 heteroatoms. The van der Waals surface area contributed by atoms with Crippen LogP contribution < -0.4 is 5.56 Å². The molecule has 0 unspecified atom stereocenters. The summed E-state index contributed by atoms with van der Waals surface area (Å²) in [7, 11) is 0. The van der Waals surface area contributed by atoms with Gasteiger partial charge in [0.25, 0.3) is 11.5 Å². The van der Waals surface area contributed by atoms with Crippen molar-refractivity contribution in [2.24, 2.45) is 5.92 Å². The van der Waals surface area contributed by atoms with Gasteiger partial charge in [0.2, 0.25) is 5.91 Å². The molecule has 3 aliphatic heterocycles. The lowest BCUT2D eigenvalue weighted by molar-refractivity contribution is -0.142. The molecule has 5 heterocycles. The summed E-state index contributed by atoms with van der Waals surface area (Å²) >= 11 is 1.44. The van der Waals surface area contributed by atoms with Crippen LogP contribution in [0.1, 0.15) is 33.7 Å². The Balaban J connectivity index is 1.52. The van der Waals surface area contributed by atoms with Crippen molar-refractivity contribution < 1.29 is 14.3 Å². The lowest BCUT2D eigenvalue weighted by Gasteiger charge is -2.47. The molecule has 29 heavy (non-hydrogen) atoms. The van der Waals surface area contributed by atoms with E-state index in [1.165, 1.54) is 17.4 Å². The van der Waals surface area contributed by atoms with Crippen LogP contribution in [0.25, 0.3) is 0 Å². The maximum absolute atomic E-state index is 13.5. The van der Waals surface area contributed by atoms with Gasteiger partial charge in [-0.15, -0.1) is 11.3 Å². The average Bonchev–Trinajstić information content (AvgIpc) is 3.29. The van der Waals surface area contributed by atoms with E-state index in [0.29, 0.717) is 44.3 Å². The van der Waals surface area contributed by atoms with Crippen molar-refractivity contribution in [3.8, 4) is 0 Å². The van der Waals surface area contributed by atoms with Crippen LogP contribution in [0.5, 0.6) is 0 Å². The summed E-state index contributed by atoms with van der Waals surface area (Å²) in [6, 6.07) is 8.37. The van der Waals surface area contributed by atoms with Crippen molar-refractivity contribution in [1.29, 1.82) is 0 Å². The van der Waals surface area contributed by atoms with Crippen molar-refractivity contribution in [3.63, 3.8) is 0 Å². The third-order valence-electron chi connectivity index (χ3n) is 6.24. The fraction of sp³-hybridized carbons (Fsp3) is 0.476. The molecule has 0 aliphatic carbocycles. The highest BCUT2D eigenvalue weighted by molar-refractivity contribution is 7.12. The molecule has 3 aliphatic rings. The van der Waals surface area contributed by atoms with Gasteiger partial charge in [-0.2, -0.15) is 0 Å². The van der Waals surface area contributed by atoms with Gasteiger partial charge < -0.3 is 14.5 Å². The standard InChI is InChI=1S/C21H23N3O4S/c25-18-5-1-3-16-14-11-15(13-23(12-14)20(26)17-4-2-10-29-17)19(24(16)18)21(27)22-6-8-28-9-7-22/h1-5,10,14-15,19H,6-9,11-13H2/t14-,15+,19-/m1/s1. The van der Waals surface area contributed by atoms with Gasteiger partial charge in [0.05, 0.1) is 18.1 Å². The smallest absolute Gasteiger partial charge is 0.263 e. The number of fused-ring (bicyclic) bond motifs is 4. The van der Waals surface area contributed by atoms with E-state index in [-0.39, 0.29) is 29.2 Å². The molecule has 2 saturated heterocycles. The Morgan fingerprint density at radius 2 is 1.86 bits per heavy atom. The third-order valence-corrected chi connectivity index (χ3v) is 7.10. The summed E-state index contributed by atoms with van der Waals surface area (Å²) in [6.45, 7) is 3.20. The lowest BCUT2D eigenvalue weighted by atomic mass is 9.78. The maximum atomic E-state index is 13.5. The Labute approximate surface area is 172 Å². The van der Waals surface area contributed by atoms with Crippen molar-refractivity contribution in [2.45, 2.75) is 18.4 Å². The number of morpholine rings is 1. The van der Waals surface area contributed by atoms with E-state index in [1.807, 2.05) is 28.5 Å². The number of nitrogens with zero attached hydrogens (tertiary/aromatic N) is 3. The van der Waals surface area contributed by atoms with Crippen molar-refractivity contribution in [1.82, 2.24) is 14.4 Å². The van der Waals surface area contributed by atoms with Gasteiger partial charge in [-0.1, -0.05) is 12.1 Å². The van der Waals surface area contributed by atoms with Crippen molar-refractivity contribution in [2.75, 3.05) is 39.4 Å². The van der Waals surface area contributed by atoms with Crippen LogP contribution >= 0.6 is 11.3 Å². The molecule has 2 bridgehead atoms. The highest BCUT2D eigenvalue weighted by atomic mass is 32.1. The molecular weight excluding hydrogens is 390 g/mol. The number of hydrogen-bond acceptors (Lipinski definition) is 5. The van der Waals surface area contributed by atoms with Gasteiger partial charge in [0, 0.05) is 49.8 Å². The van der Waals surface area contributed by atoms with Crippen molar-refractivity contribution in [3.05, 3.63) is 56.6 Å². The number of likely N-dealkylation sites (tertiary alicyclic amines) is 1. The normalized spacial score (nSPS) is 26.1. The number of thiophene rings is 1. The van der Waals surface area contributed by atoms with E-state index < -0.39 is 6.04 Å². The summed E-state index contributed by atoms with van der Waals surface area (Å²) in [5.74, 6) is -0.0170. The number of aromatic nitrogens is 1. The first-order chi connectivity index (χ1) is 14.1. The van der Waals surface area contributed by atoms with Gasteiger partial charge in [-0.05, 0) is 23.9 Å². The first-order valence-corrected chi connectivity index (χ1v) is 10.9. The Hall–Kier alpha value is -2.45. The summed E-state index contributed by atoms with van der Waals surface area (Å²) in [4.78, 5) is 43.7. The highest BCUT2D eigenvalue weighted by Crippen LogP contribution is 2.42. The van der Waals surface area contributed by atoms with Crippen LogP contribution in [-0.4, -0.2) is 65.6 Å². The van der Waals surface area contributed by atoms with Crippen molar-refractivity contribution >= 4 is 23.2 Å². The van der Waals surface area contributed by atoms with E-state index in [9.17, 15) is 14.4 Å². The summed E-state index contributed by atoms with van der Waals surface area (Å²) in [5.41, 5.74) is 0.728.